The summed E-state index contributed by atoms with van der Waals surface area (Å²) >= 11 is 0. The Labute approximate surface area is 119 Å². The van der Waals surface area contributed by atoms with Gasteiger partial charge >= 0.3 is 6.18 Å². The first-order valence-electron chi connectivity index (χ1n) is 6.23. The first-order chi connectivity index (χ1) is 9.77. The van der Waals surface area contributed by atoms with Crippen molar-refractivity contribution in [1.29, 1.82) is 0 Å². The number of carbonyl (C=O) groups is 1. The van der Waals surface area contributed by atoms with Crippen LogP contribution in [0.1, 0.15) is 27.0 Å². The molecule has 0 aromatic heterocycles. The van der Waals surface area contributed by atoms with Crippen LogP contribution in [0, 0.1) is 12.7 Å². The van der Waals surface area contributed by atoms with Gasteiger partial charge in [0.25, 0.3) is 0 Å². The van der Waals surface area contributed by atoms with Crippen molar-refractivity contribution in [2.75, 3.05) is 0 Å². The molecule has 0 radical (unpaired) electrons. The molecule has 110 valence electrons. The Kier molecular flexibility index (Phi) is 4.11. The topological polar surface area (TPSA) is 17.1 Å². The summed E-state index contributed by atoms with van der Waals surface area (Å²) in [6.07, 6.45) is -4.60. The van der Waals surface area contributed by atoms with E-state index < -0.39 is 17.6 Å². The number of aryl methyl sites for hydroxylation is 1. The minimum absolute atomic E-state index is 0.158. The van der Waals surface area contributed by atoms with Crippen LogP contribution in [-0.4, -0.2) is 5.78 Å². The lowest BCUT2D eigenvalue weighted by Gasteiger charge is -2.08. The fourth-order valence-corrected chi connectivity index (χ4v) is 1.96. The van der Waals surface area contributed by atoms with Crippen LogP contribution in [0.3, 0.4) is 0 Å². The van der Waals surface area contributed by atoms with E-state index >= 15 is 0 Å². The van der Waals surface area contributed by atoms with Gasteiger partial charge in [-0.2, -0.15) is 13.2 Å². The normalized spacial score (nSPS) is 11.5. The SMILES string of the molecule is Cc1cc(C(=O)Cc2cccc(C(F)(F)F)c2)ccc1F. The zero-order valence-corrected chi connectivity index (χ0v) is 11.2. The highest BCUT2D eigenvalue weighted by atomic mass is 19.4. The van der Waals surface area contributed by atoms with Crippen LogP contribution in [0.15, 0.2) is 42.5 Å². The second-order valence-electron chi connectivity index (χ2n) is 4.76. The molecule has 0 bridgehead atoms. The third-order valence-electron chi connectivity index (χ3n) is 3.10. The van der Waals surface area contributed by atoms with Gasteiger partial charge in [0.05, 0.1) is 5.56 Å². The summed E-state index contributed by atoms with van der Waals surface area (Å²) in [6, 6.07) is 8.54. The standard InChI is InChI=1S/C16H12F4O/c1-10-7-12(5-6-14(10)17)15(21)9-11-3-2-4-13(8-11)16(18,19)20/h2-8H,9H2,1H3. The summed E-state index contributed by atoms with van der Waals surface area (Å²) in [5.74, 6) is -0.775. The molecular formula is C16H12F4O. The van der Waals surface area contributed by atoms with E-state index in [2.05, 4.69) is 0 Å². The molecule has 0 aliphatic carbocycles. The van der Waals surface area contributed by atoms with Gasteiger partial charge in [-0.25, -0.2) is 4.39 Å². The van der Waals surface area contributed by atoms with Crippen molar-refractivity contribution in [1.82, 2.24) is 0 Å². The molecule has 0 aliphatic rings. The van der Waals surface area contributed by atoms with E-state index in [1.165, 1.54) is 37.3 Å². The van der Waals surface area contributed by atoms with E-state index in [1.807, 2.05) is 0 Å². The van der Waals surface area contributed by atoms with Gasteiger partial charge < -0.3 is 0 Å². The maximum Gasteiger partial charge on any atom is 0.416 e. The molecule has 0 fully saturated rings. The van der Waals surface area contributed by atoms with Crippen LogP contribution in [0.2, 0.25) is 0 Å². The number of halogens is 4. The van der Waals surface area contributed by atoms with Crippen LogP contribution in [0.4, 0.5) is 17.6 Å². The molecule has 2 aromatic rings. The Bertz CT molecular complexity index is 674. The van der Waals surface area contributed by atoms with Crippen LogP contribution in [0.25, 0.3) is 0 Å². The van der Waals surface area contributed by atoms with Gasteiger partial charge in [-0.15, -0.1) is 0 Å². The van der Waals surface area contributed by atoms with Crippen molar-refractivity contribution in [3.8, 4) is 0 Å². The molecule has 0 heterocycles. The third-order valence-corrected chi connectivity index (χ3v) is 3.10. The quantitative estimate of drug-likeness (QED) is 0.598. The summed E-state index contributed by atoms with van der Waals surface area (Å²) in [4.78, 5) is 12.0. The number of Topliss-reactive ketones (excluding diaryl/α,β-unsaturated/α-hetero) is 1. The van der Waals surface area contributed by atoms with Crippen molar-refractivity contribution >= 4 is 5.78 Å². The van der Waals surface area contributed by atoms with Gasteiger partial charge in [0, 0.05) is 12.0 Å². The number of hydrogen-bond acceptors (Lipinski definition) is 1. The zero-order chi connectivity index (χ0) is 15.6. The molecule has 0 spiro atoms. The molecule has 2 rings (SSSR count). The highest BCUT2D eigenvalue weighted by Gasteiger charge is 2.30. The van der Waals surface area contributed by atoms with Crippen molar-refractivity contribution in [2.45, 2.75) is 19.5 Å². The van der Waals surface area contributed by atoms with Crippen molar-refractivity contribution in [3.05, 3.63) is 70.5 Å². The smallest absolute Gasteiger partial charge is 0.294 e. The summed E-state index contributed by atoms with van der Waals surface area (Å²) < 4.78 is 50.9. The summed E-state index contributed by atoms with van der Waals surface area (Å²) in [6.45, 7) is 1.52. The molecule has 0 amide bonds. The fourth-order valence-electron chi connectivity index (χ4n) is 1.96. The Balaban J connectivity index is 2.21. The molecular weight excluding hydrogens is 284 g/mol. The first-order valence-corrected chi connectivity index (χ1v) is 6.23. The van der Waals surface area contributed by atoms with Crippen molar-refractivity contribution < 1.29 is 22.4 Å². The first kappa shape index (κ1) is 15.2. The largest absolute Gasteiger partial charge is 0.416 e. The molecule has 1 nitrogen and oxygen atoms in total. The average molecular weight is 296 g/mol. The number of benzene rings is 2. The average Bonchev–Trinajstić information content (AvgIpc) is 2.41. The maximum absolute atomic E-state index is 13.1. The van der Waals surface area contributed by atoms with Crippen LogP contribution in [-0.2, 0) is 12.6 Å². The predicted octanol–water partition coefficient (Wildman–Crippen LogP) is 4.58. The lowest BCUT2D eigenvalue weighted by atomic mass is 10.00. The second kappa shape index (κ2) is 5.68. The van der Waals surface area contributed by atoms with Crippen molar-refractivity contribution in [2.24, 2.45) is 0 Å². The molecule has 0 N–H and O–H groups in total. The van der Waals surface area contributed by atoms with Gasteiger partial charge in [-0.05, 0) is 42.3 Å². The summed E-state index contributed by atoms with van der Waals surface area (Å²) in [5.41, 5.74) is 0.0936. The summed E-state index contributed by atoms with van der Waals surface area (Å²) in [7, 11) is 0. The monoisotopic (exact) mass is 296 g/mol. The zero-order valence-electron chi connectivity index (χ0n) is 11.2. The number of ketones is 1. The summed E-state index contributed by atoms with van der Waals surface area (Å²) in [5, 5.41) is 0. The number of rotatable bonds is 3. The number of alkyl halides is 3. The Morgan fingerprint density at radius 1 is 1.10 bits per heavy atom. The highest BCUT2D eigenvalue weighted by Crippen LogP contribution is 2.29. The molecule has 5 heteroatoms. The fraction of sp³-hybridized carbons (Fsp3) is 0.188. The lowest BCUT2D eigenvalue weighted by molar-refractivity contribution is -0.137. The molecule has 0 atom stereocenters. The molecule has 0 unspecified atom stereocenters. The van der Waals surface area contributed by atoms with Gasteiger partial charge in [-0.3, -0.25) is 4.79 Å². The molecule has 21 heavy (non-hydrogen) atoms. The molecule has 0 saturated carbocycles. The minimum atomic E-state index is -4.44. The van der Waals surface area contributed by atoms with E-state index in [9.17, 15) is 22.4 Å². The van der Waals surface area contributed by atoms with E-state index in [-0.39, 0.29) is 23.3 Å². The molecule has 0 aliphatic heterocycles. The lowest BCUT2D eigenvalue weighted by Crippen LogP contribution is -2.08. The van der Waals surface area contributed by atoms with E-state index in [0.717, 1.165) is 12.1 Å². The minimum Gasteiger partial charge on any atom is -0.294 e. The Hall–Kier alpha value is -2.17. The maximum atomic E-state index is 13.1. The van der Waals surface area contributed by atoms with E-state index in [1.54, 1.807) is 0 Å². The Morgan fingerprint density at radius 2 is 1.81 bits per heavy atom. The van der Waals surface area contributed by atoms with Gasteiger partial charge in [-0.1, -0.05) is 18.2 Å². The van der Waals surface area contributed by atoms with Crippen LogP contribution < -0.4 is 0 Å². The van der Waals surface area contributed by atoms with Crippen LogP contribution in [0.5, 0.6) is 0 Å². The number of hydrogen-bond donors (Lipinski definition) is 0. The predicted molar refractivity (Wildman–Crippen MR) is 70.6 cm³/mol. The van der Waals surface area contributed by atoms with Crippen molar-refractivity contribution in [3.63, 3.8) is 0 Å². The highest BCUT2D eigenvalue weighted by molar-refractivity contribution is 5.97. The molecule has 0 saturated heterocycles. The van der Waals surface area contributed by atoms with Gasteiger partial charge in [0.2, 0.25) is 0 Å². The second-order valence-corrected chi connectivity index (χ2v) is 4.76. The van der Waals surface area contributed by atoms with Gasteiger partial charge in [0.15, 0.2) is 5.78 Å². The third kappa shape index (κ3) is 3.68. The van der Waals surface area contributed by atoms with Crippen LogP contribution >= 0.6 is 0 Å². The van der Waals surface area contributed by atoms with Gasteiger partial charge in [0.1, 0.15) is 5.82 Å². The van der Waals surface area contributed by atoms with E-state index in [4.69, 9.17) is 0 Å². The molecule has 2 aromatic carbocycles. The number of carbonyl (C=O) groups excluding carboxylic acids is 1. The Morgan fingerprint density at radius 3 is 2.43 bits per heavy atom. The van der Waals surface area contributed by atoms with E-state index in [0.29, 0.717) is 5.56 Å².